The molecule has 4 bridgehead atoms. The van der Waals surface area contributed by atoms with Crippen molar-refractivity contribution in [1.29, 1.82) is 0 Å². The van der Waals surface area contributed by atoms with Gasteiger partial charge in [-0.2, -0.15) is 0 Å². The molecule has 7 atom stereocenters. The summed E-state index contributed by atoms with van der Waals surface area (Å²) in [5.41, 5.74) is 2.16. The Morgan fingerprint density at radius 1 is 1.14 bits per heavy atom. The van der Waals surface area contributed by atoms with Crippen molar-refractivity contribution in [2.75, 3.05) is 6.54 Å². The summed E-state index contributed by atoms with van der Waals surface area (Å²) < 4.78 is 6.16. The summed E-state index contributed by atoms with van der Waals surface area (Å²) in [6.45, 7) is 7.45. The third kappa shape index (κ3) is 6.31. The van der Waals surface area contributed by atoms with E-state index < -0.39 is 23.7 Å². The summed E-state index contributed by atoms with van der Waals surface area (Å²) in [4.78, 5) is 43.8. The van der Waals surface area contributed by atoms with Gasteiger partial charge >= 0.3 is 12.1 Å². The number of carbonyl (C=O) groups excluding carboxylic acids is 2. The first-order chi connectivity index (χ1) is 21.3. The summed E-state index contributed by atoms with van der Waals surface area (Å²) in [7, 11) is 0. The number of fused-ring (bicyclic) bond motifs is 3. The van der Waals surface area contributed by atoms with Crippen LogP contribution in [-0.2, 0) is 27.4 Å². The number of hydrogen-bond donors (Lipinski definition) is 3. The number of ether oxygens (including phenoxy) is 1. The van der Waals surface area contributed by atoms with E-state index in [0.29, 0.717) is 38.4 Å². The maximum absolute atomic E-state index is 14.0. The van der Waals surface area contributed by atoms with Gasteiger partial charge < -0.3 is 15.2 Å². The van der Waals surface area contributed by atoms with Gasteiger partial charge in [-0.05, 0) is 68.1 Å². The van der Waals surface area contributed by atoms with Crippen LogP contribution in [0.1, 0.15) is 94.2 Å². The van der Waals surface area contributed by atoms with Crippen LogP contribution in [0.25, 0.3) is 6.08 Å². The van der Waals surface area contributed by atoms with E-state index >= 15 is 0 Å². The van der Waals surface area contributed by atoms with E-state index in [-0.39, 0.29) is 30.1 Å². The number of hydrogen-bond acceptors (Lipinski definition) is 6. The van der Waals surface area contributed by atoms with Crippen LogP contribution in [0.3, 0.4) is 0 Å². The predicted octanol–water partition coefficient (Wildman–Crippen LogP) is 5.20. The molecule has 0 aromatic heterocycles. The van der Waals surface area contributed by atoms with E-state index in [4.69, 9.17) is 4.74 Å². The van der Waals surface area contributed by atoms with E-state index in [9.17, 15) is 19.5 Å². The number of nitrogens with one attached hydrogen (secondary N) is 2. The molecule has 9 heteroatoms. The first-order valence-electron chi connectivity index (χ1n) is 16.7. The molecule has 1 aromatic carbocycles. The minimum absolute atomic E-state index is 0.0580. The van der Waals surface area contributed by atoms with Gasteiger partial charge in [0.2, 0.25) is 5.91 Å². The van der Waals surface area contributed by atoms with Gasteiger partial charge in [0.25, 0.3) is 0 Å². The smallest absolute Gasteiger partial charge is 0.410 e. The van der Waals surface area contributed by atoms with Gasteiger partial charge in [0.15, 0.2) is 0 Å². The van der Waals surface area contributed by atoms with Crippen molar-refractivity contribution in [3.8, 4) is 0 Å². The number of nitrogens with zero attached hydrogens (tertiary/aromatic N) is 2. The molecule has 44 heavy (non-hydrogen) atoms. The van der Waals surface area contributed by atoms with Gasteiger partial charge in [-0.25, -0.2) is 9.59 Å². The largest absolute Gasteiger partial charge is 0.479 e. The quantitative estimate of drug-likeness (QED) is 0.396. The number of carboxylic acid groups (broad SMARTS) is 1. The zero-order valence-electron chi connectivity index (χ0n) is 26.0. The first kappa shape index (κ1) is 30.8. The fraction of sp³-hybridized carbons (Fsp3) is 0.629. The molecule has 6 rings (SSSR count). The fourth-order valence-electron chi connectivity index (χ4n) is 7.99. The molecule has 2 saturated carbocycles. The van der Waals surface area contributed by atoms with Crippen molar-refractivity contribution in [3.05, 3.63) is 53.6 Å². The third-order valence-electron chi connectivity index (χ3n) is 10.6. The number of allylic oxidation sites excluding steroid dienone is 1. The van der Waals surface area contributed by atoms with Crippen LogP contribution in [0.4, 0.5) is 4.79 Å². The molecular formula is C35H48N4O5. The van der Waals surface area contributed by atoms with Crippen LogP contribution in [0.2, 0.25) is 0 Å². The summed E-state index contributed by atoms with van der Waals surface area (Å²) >= 11 is 0. The molecule has 9 nitrogen and oxygen atoms in total. The fourth-order valence-corrected chi connectivity index (χ4v) is 7.99. The minimum Gasteiger partial charge on any atom is -0.479 e. The monoisotopic (exact) mass is 604 g/mol. The van der Waals surface area contributed by atoms with E-state index in [2.05, 4.69) is 53.3 Å². The molecule has 3 aliphatic heterocycles. The Hall–Kier alpha value is -3.17. The van der Waals surface area contributed by atoms with E-state index in [0.717, 1.165) is 62.5 Å². The lowest BCUT2D eigenvalue weighted by molar-refractivity contribution is -0.144. The molecule has 3 heterocycles. The summed E-state index contributed by atoms with van der Waals surface area (Å²) in [6.07, 6.45) is 15.8. The number of aliphatic carboxylic acids is 1. The van der Waals surface area contributed by atoms with Crippen molar-refractivity contribution in [2.24, 2.45) is 11.8 Å². The predicted molar refractivity (Wildman–Crippen MR) is 168 cm³/mol. The topological polar surface area (TPSA) is 111 Å². The van der Waals surface area contributed by atoms with Crippen LogP contribution < -0.4 is 10.6 Å². The molecular weight excluding hydrogens is 556 g/mol. The van der Waals surface area contributed by atoms with Crippen LogP contribution in [0, 0.1) is 11.8 Å². The van der Waals surface area contributed by atoms with Crippen molar-refractivity contribution in [3.63, 3.8) is 0 Å². The summed E-state index contributed by atoms with van der Waals surface area (Å²) in [5, 5.41) is 16.8. The first-order valence-corrected chi connectivity index (χ1v) is 16.7. The number of benzene rings is 1. The van der Waals surface area contributed by atoms with Crippen molar-refractivity contribution >= 4 is 24.0 Å². The molecule has 1 aromatic rings. The molecule has 0 radical (unpaired) electrons. The molecule has 2 aliphatic carbocycles. The van der Waals surface area contributed by atoms with Crippen molar-refractivity contribution in [2.45, 2.75) is 121 Å². The van der Waals surface area contributed by atoms with Gasteiger partial charge in [-0.15, -0.1) is 6.58 Å². The molecule has 3 fully saturated rings. The molecule has 3 N–H and O–H groups in total. The third-order valence-corrected chi connectivity index (χ3v) is 10.6. The van der Waals surface area contributed by atoms with Gasteiger partial charge in [-0.3, -0.25) is 19.9 Å². The van der Waals surface area contributed by atoms with Crippen molar-refractivity contribution < 1.29 is 24.2 Å². The number of rotatable bonds is 5. The molecule has 1 saturated heterocycles. The lowest BCUT2D eigenvalue weighted by atomic mass is 9.85. The highest BCUT2D eigenvalue weighted by Gasteiger charge is 2.61. The second kappa shape index (κ2) is 13.1. The average molecular weight is 605 g/mol. The Morgan fingerprint density at radius 2 is 1.93 bits per heavy atom. The number of carboxylic acids is 1. The van der Waals surface area contributed by atoms with Crippen LogP contribution in [0.5, 0.6) is 0 Å². The van der Waals surface area contributed by atoms with Crippen LogP contribution >= 0.6 is 0 Å². The highest BCUT2D eigenvalue weighted by atomic mass is 16.6. The van der Waals surface area contributed by atoms with Gasteiger partial charge in [0, 0.05) is 31.5 Å². The SMILES string of the molecule is C=C[C@@H]1C[C@]1(NC(=O)[C@@H]1C[C@@H]2CN1[C@H](C1CCCCC1)NC(C)CCCC/C=C/c1cccc3c1CN(C3)C(=O)O2)C(=O)O. The lowest BCUT2D eigenvalue weighted by Crippen LogP contribution is -2.59. The maximum Gasteiger partial charge on any atom is 0.410 e. The Balaban J connectivity index is 1.28. The standard InChI is InChI=1S/C35H48N4O5/c1-3-27-19-35(27,33(41)42)37-32(40)30-18-28-21-39(30)31(25-14-9-6-10-15-25)36-23(2)12-7-4-5-8-13-24-16-11-17-26-20-38(22-29(24)26)34(43)44-28/h3,8,11,13,16-17,23,25,27-28,30-31,36H,1,4-7,9-10,12,14-15,18-22H2,2H3,(H,37,40)(H,41,42)/b13-8+/t23?,27-,28-,30+,31-,35-/m1/s1. The van der Waals surface area contributed by atoms with Crippen LogP contribution in [0.15, 0.2) is 36.9 Å². The lowest BCUT2D eigenvalue weighted by Gasteiger charge is -2.41. The molecule has 238 valence electrons. The molecule has 2 unspecified atom stereocenters. The Bertz CT molecular complexity index is 1290. The zero-order valence-corrected chi connectivity index (χ0v) is 26.0. The van der Waals surface area contributed by atoms with E-state index in [1.807, 2.05) is 6.07 Å². The van der Waals surface area contributed by atoms with Gasteiger partial charge in [0.1, 0.15) is 11.6 Å². The van der Waals surface area contributed by atoms with Crippen molar-refractivity contribution in [1.82, 2.24) is 20.4 Å². The second-order valence-corrected chi connectivity index (χ2v) is 13.7. The normalized spacial score (nSPS) is 35.2. The number of carbonyl (C=O) groups is 3. The van der Waals surface area contributed by atoms with E-state index in [1.54, 1.807) is 11.0 Å². The van der Waals surface area contributed by atoms with Gasteiger partial charge in [-0.1, -0.05) is 62.1 Å². The average Bonchev–Trinajstić information content (AvgIpc) is 3.32. The minimum atomic E-state index is -1.31. The number of amides is 2. The highest BCUT2D eigenvalue weighted by molar-refractivity contribution is 5.93. The molecule has 5 aliphatic rings. The Labute approximate surface area is 261 Å². The Kier molecular flexibility index (Phi) is 9.15. The second-order valence-electron chi connectivity index (χ2n) is 13.7. The summed E-state index contributed by atoms with van der Waals surface area (Å²) in [6, 6.07) is 5.88. The highest BCUT2D eigenvalue weighted by Crippen LogP contribution is 2.45. The Morgan fingerprint density at radius 3 is 2.68 bits per heavy atom. The van der Waals surface area contributed by atoms with Crippen LogP contribution in [-0.4, -0.2) is 69.3 Å². The maximum atomic E-state index is 14.0. The molecule has 0 spiro atoms. The van der Waals surface area contributed by atoms with E-state index in [1.165, 1.54) is 12.0 Å². The zero-order chi connectivity index (χ0) is 30.8. The molecule has 2 amide bonds. The summed E-state index contributed by atoms with van der Waals surface area (Å²) in [5.74, 6) is -1.26. The van der Waals surface area contributed by atoms with Gasteiger partial charge in [0.05, 0.1) is 18.8 Å².